The van der Waals surface area contributed by atoms with Crippen LogP contribution in [0.5, 0.6) is 5.75 Å². The van der Waals surface area contributed by atoms with E-state index in [1.54, 1.807) is 6.92 Å². The molecule has 0 bridgehead atoms. The molecule has 0 fully saturated rings. The van der Waals surface area contributed by atoms with E-state index in [4.69, 9.17) is 15.2 Å². The van der Waals surface area contributed by atoms with Crippen molar-refractivity contribution in [3.05, 3.63) is 35.2 Å². The normalized spacial score (nSPS) is 10.5. The minimum atomic E-state index is -0.449. The molecular formula is C20H26N2O4S2. The third-order valence-electron chi connectivity index (χ3n) is 3.66. The first kappa shape index (κ1) is 22.3. The smallest absolute Gasteiger partial charge is 0.341 e. The van der Waals surface area contributed by atoms with Crippen LogP contribution in [-0.2, 0) is 9.53 Å². The number of carbonyl (C=O) groups is 2. The van der Waals surface area contributed by atoms with E-state index in [0.717, 1.165) is 23.3 Å². The number of esters is 1. The second kappa shape index (κ2) is 11.7. The van der Waals surface area contributed by atoms with Gasteiger partial charge in [-0.15, -0.1) is 11.3 Å². The van der Waals surface area contributed by atoms with Crippen molar-refractivity contribution >= 4 is 40.0 Å². The van der Waals surface area contributed by atoms with Gasteiger partial charge in [-0.05, 0) is 31.0 Å². The number of hydrogen-bond acceptors (Lipinski definition) is 7. The van der Waals surface area contributed by atoms with Gasteiger partial charge in [0.2, 0.25) is 5.91 Å². The summed E-state index contributed by atoms with van der Waals surface area (Å²) in [7, 11) is 0. The second-order valence-corrected chi connectivity index (χ2v) is 7.82. The van der Waals surface area contributed by atoms with Crippen molar-refractivity contribution in [2.45, 2.75) is 20.3 Å². The lowest BCUT2D eigenvalue weighted by Gasteiger charge is -2.09. The minimum absolute atomic E-state index is 0.166. The molecule has 0 unspecified atom stereocenters. The molecule has 2 aromatic rings. The maximum Gasteiger partial charge on any atom is 0.341 e. The SMILES string of the molecule is CCCOc1ccc(-c2csc(NC(=O)CSCCN)c2C(=O)OCC)cc1. The Hall–Kier alpha value is -2.03. The van der Waals surface area contributed by atoms with Crippen LogP contribution in [0.25, 0.3) is 11.1 Å². The van der Waals surface area contributed by atoms with Crippen molar-refractivity contribution in [3.8, 4) is 16.9 Å². The second-order valence-electron chi connectivity index (χ2n) is 5.84. The molecule has 6 nitrogen and oxygen atoms in total. The highest BCUT2D eigenvalue weighted by molar-refractivity contribution is 7.99. The van der Waals surface area contributed by atoms with Gasteiger partial charge in [0, 0.05) is 23.2 Å². The number of anilines is 1. The Balaban J connectivity index is 2.25. The average Bonchev–Trinajstić information content (AvgIpc) is 3.10. The lowest BCUT2D eigenvalue weighted by molar-refractivity contribution is -0.113. The first-order chi connectivity index (χ1) is 13.6. The molecule has 0 spiro atoms. The van der Waals surface area contributed by atoms with Crippen LogP contribution in [0.1, 0.15) is 30.6 Å². The van der Waals surface area contributed by atoms with Crippen molar-refractivity contribution in [1.29, 1.82) is 0 Å². The summed E-state index contributed by atoms with van der Waals surface area (Å²) < 4.78 is 10.8. The fraction of sp³-hybridized carbons (Fsp3) is 0.400. The van der Waals surface area contributed by atoms with Gasteiger partial charge in [0.25, 0.3) is 0 Å². The van der Waals surface area contributed by atoms with Crippen LogP contribution in [-0.4, -0.2) is 43.1 Å². The predicted molar refractivity (Wildman–Crippen MR) is 117 cm³/mol. The molecule has 0 saturated carbocycles. The minimum Gasteiger partial charge on any atom is -0.494 e. The van der Waals surface area contributed by atoms with Gasteiger partial charge in [-0.2, -0.15) is 11.8 Å². The largest absolute Gasteiger partial charge is 0.494 e. The Morgan fingerprint density at radius 2 is 1.96 bits per heavy atom. The van der Waals surface area contributed by atoms with Gasteiger partial charge in [0.15, 0.2) is 0 Å². The van der Waals surface area contributed by atoms with Crippen molar-refractivity contribution < 1.29 is 19.1 Å². The molecule has 1 heterocycles. The number of amides is 1. The number of nitrogens with one attached hydrogen (secondary N) is 1. The highest BCUT2D eigenvalue weighted by Crippen LogP contribution is 2.37. The van der Waals surface area contributed by atoms with Gasteiger partial charge in [-0.25, -0.2) is 4.79 Å². The van der Waals surface area contributed by atoms with E-state index in [-0.39, 0.29) is 18.3 Å². The predicted octanol–water partition coefficient (Wildman–Crippen LogP) is 4.01. The third-order valence-corrected chi connectivity index (χ3v) is 5.54. The fourth-order valence-electron chi connectivity index (χ4n) is 2.43. The molecule has 0 atom stereocenters. The first-order valence-corrected chi connectivity index (χ1v) is 11.2. The van der Waals surface area contributed by atoms with Gasteiger partial charge < -0.3 is 20.5 Å². The van der Waals surface area contributed by atoms with Crippen LogP contribution in [0.2, 0.25) is 0 Å². The quantitative estimate of drug-likeness (QED) is 0.420. The third kappa shape index (κ3) is 6.25. The average molecular weight is 423 g/mol. The summed E-state index contributed by atoms with van der Waals surface area (Å²) in [5.74, 6) is 1.16. The molecule has 3 N–H and O–H groups in total. The van der Waals surface area contributed by atoms with E-state index in [2.05, 4.69) is 12.2 Å². The summed E-state index contributed by atoms with van der Waals surface area (Å²) in [5, 5.41) is 5.19. The van der Waals surface area contributed by atoms with Gasteiger partial charge in [-0.3, -0.25) is 4.79 Å². The molecule has 1 amide bonds. The summed E-state index contributed by atoms with van der Waals surface area (Å²) in [5.41, 5.74) is 7.42. The first-order valence-electron chi connectivity index (χ1n) is 9.20. The number of hydrogen-bond donors (Lipinski definition) is 2. The Kier molecular flexibility index (Phi) is 9.33. The van der Waals surface area contributed by atoms with Crippen LogP contribution in [0.3, 0.4) is 0 Å². The van der Waals surface area contributed by atoms with E-state index in [1.165, 1.54) is 23.1 Å². The van der Waals surface area contributed by atoms with Crippen LogP contribution in [0.4, 0.5) is 5.00 Å². The fourth-order valence-corrected chi connectivity index (χ4v) is 3.97. The monoisotopic (exact) mass is 422 g/mol. The van der Waals surface area contributed by atoms with Crippen molar-refractivity contribution in [3.63, 3.8) is 0 Å². The highest BCUT2D eigenvalue weighted by atomic mass is 32.2. The number of ether oxygens (including phenoxy) is 2. The molecule has 1 aromatic carbocycles. The Bertz CT molecular complexity index is 775. The molecule has 0 aliphatic rings. The topological polar surface area (TPSA) is 90.6 Å². The molecule has 1 aromatic heterocycles. The van der Waals surface area contributed by atoms with Gasteiger partial charge in [0.05, 0.1) is 19.0 Å². The molecule has 8 heteroatoms. The molecular weight excluding hydrogens is 396 g/mol. The summed E-state index contributed by atoms with van der Waals surface area (Å²) >= 11 is 2.77. The zero-order chi connectivity index (χ0) is 20.4. The van der Waals surface area contributed by atoms with Crippen LogP contribution in [0.15, 0.2) is 29.6 Å². The maximum absolute atomic E-state index is 12.6. The number of benzene rings is 1. The van der Waals surface area contributed by atoms with E-state index < -0.39 is 5.97 Å². The lowest BCUT2D eigenvalue weighted by atomic mass is 10.0. The van der Waals surface area contributed by atoms with Crippen molar-refractivity contribution in [2.24, 2.45) is 5.73 Å². The summed E-state index contributed by atoms with van der Waals surface area (Å²) in [4.78, 5) is 24.7. The number of thiophene rings is 1. The van der Waals surface area contributed by atoms with Gasteiger partial charge >= 0.3 is 5.97 Å². The van der Waals surface area contributed by atoms with E-state index in [0.29, 0.717) is 29.5 Å². The lowest BCUT2D eigenvalue weighted by Crippen LogP contribution is -2.17. The maximum atomic E-state index is 12.6. The van der Waals surface area contributed by atoms with Crippen LogP contribution >= 0.6 is 23.1 Å². The van der Waals surface area contributed by atoms with Crippen molar-refractivity contribution in [2.75, 3.05) is 36.6 Å². The van der Waals surface area contributed by atoms with E-state index >= 15 is 0 Å². The number of carbonyl (C=O) groups excluding carboxylic acids is 2. The Morgan fingerprint density at radius 3 is 2.61 bits per heavy atom. The molecule has 0 aliphatic heterocycles. The van der Waals surface area contributed by atoms with Gasteiger partial charge in [-0.1, -0.05) is 19.1 Å². The Morgan fingerprint density at radius 1 is 1.21 bits per heavy atom. The molecule has 0 saturated heterocycles. The molecule has 0 aliphatic carbocycles. The molecule has 28 heavy (non-hydrogen) atoms. The zero-order valence-corrected chi connectivity index (χ0v) is 17.8. The summed E-state index contributed by atoms with van der Waals surface area (Å²) in [6, 6.07) is 7.55. The highest BCUT2D eigenvalue weighted by Gasteiger charge is 2.22. The van der Waals surface area contributed by atoms with Gasteiger partial charge in [0.1, 0.15) is 16.3 Å². The van der Waals surface area contributed by atoms with Crippen LogP contribution < -0.4 is 15.8 Å². The summed E-state index contributed by atoms with van der Waals surface area (Å²) in [6.07, 6.45) is 0.936. The van der Waals surface area contributed by atoms with E-state index in [9.17, 15) is 9.59 Å². The van der Waals surface area contributed by atoms with Crippen LogP contribution in [0, 0.1) is 0 Å². The number of thioether (sulfide) groups is 1. The Labute approximate surface area is 173 Å². The summed E-state index contributed by atoms with van der Waals surface area (Å²) in [6.45, 7) is 5.25. The molecule has 0 radical (unpaired) electrons. The number of rotatable bonds is 11. The molecule has 152 valence electrons. The number of nitrogens with two attached hydrogens (primary N) is 1. The molecule has 2 rings (SSSR count). The standard InChI is InChI=1S/C20H26N2O4S2/c1-3-10-26-15-7-5-14(6-8-15)16-12-28-19(18(16)20(24)25-4-2)22-17(23)13-27-11-9-21/h5-8,12H,3-4,9-11,13,21H2,1-2H3,(H,22,23). The van der Waals surface area contributed by atoms with Crippen molar-refractivity contribution in [1.82, 2.24) is 0 Å². The van der Waals surface area contributed by atoms with E-state index in [1.807, 2.05) is 29.6 Å². The zero-order valence-electron chi connectivity index (χ0n) is 16.2.